The van der Waals surface area contributed by atoms with E-state index >= 15 is 4.39 Å². The van der Waals surface area contributed by atoms with E-state index in [1.165, 1.54) is 18.4 Å². The number of piperidine rings is 1. The van der Waals surface area contributed by atoms with Crippen molar-refractivity contribution in [1.29, 1.82) is 0 Å². The third-order valence-corrected chi connectivity index (χ3v) is 19.3. The zero-order chi connectivity index (χ0) is 55.9. The van der Waals surface area contributed by atoms with Crippen LogP contribution in [0.5, 0.6) is 0 Å². The number of piperazine rings is 1. The molecular formula is C57H69ClFN6O9PS3. The van der Waals surface area contributed by atoms with Crippen LogP contribution in [-0.4, -0.2) is 119 Å². The van der Waals surface area contributed by atoms with Gasteiger partial charge < -0.3 is 39.1 Å². The third-order valence-electron chi connectivity index (χ3n) is 14.3. The highest BCUT2D eigenvalue weighted by molar-refractivity contribution is 7.99. The zero-order valence-electron chi connectivity index (χ0n) is 44.6. The second-order valence-corrected chi connectivity index (χ2v) is 27.4. The average molecular weight is 1160 g/mol. The average Bonchev–Trinajstić information content (AvgIpc) is 3.89. The van der Waals surface area contributed by atoms with Gasteiger partial charge in [0, 0.05) is 101 Å². The molecule has 15 nitrogen and oxygen atoms in total. The van der Waals surface area contributed by atoms with Crippen LogP contribution in [0.4, 0.5) is 27.1 Å². The Kier molecular flexibility index (Phi) is 19.1. The molecule has 6 aromatic rings. The molecule has 1 atom stereocenters. The Balaban J connectivity index is 0.884. The van der Waals surface area contributed by atoms with Crippen molar-refractivity contribution in [2.45, 2.75) is 80.1 Å². The zero-order valence-corrected chi connectivity index (χ0v) is 48.7. The van der Waals surface area contributed by atoms with Crippen molar-refractivity contribution in [3.8, 4) is 22.4 Å². The first kappa shape index (κ1) is 58.8. The maximum atomic E-state index is 15.8. The molecule has 0 aliphatic carbocycles. The first-order chi connectivity index (χ1) is 37.0. The van der Waals surface area contributed by atoms with Gasteiger partial charge in [-0.2, -0.15) is 0 Å². The lowest BCUT2D eigenvalue weighted by atomic mass is 9.96. The smallest absolute Gasteiger partial charge is 0.325 e. The van der Waals surface area contributed by atoms with Crippen LogP contribution < -0.4 is 19.8 Å². The Hall–Kier alpha value is -5.37. The Bertz CT molecular complexity index is 3330. The fourth-order valence-electron chi connectivity index (χ4n) is 10.4. The molecule has 2 aliphatic rings. The van der Waals surface area contributed by atoms with Gasteiger partial charge in [0.25, 0.3) is 10.0 Å². The van der Waals surface area contributed by atoms with Gasteiger partial charge in [-0.3, -0.25) is 14.1 Å². The minimum Gasteiger partial charge on any atom is -0.465 e. The van der Waals surface area contributed by atoms with E-state index < -0.39 is 33.3 Å². The summed E-state index contributed by atoms with van der Waals surface area (Å²) in [6, 6.07) is 34.4. The molecule has 3 heterocycles. The van der Waals surface area contributed by atoms with Crippen LogP contribution in [0.2, 0.25) is 5.02 Å². The summed E-state index contributed by atoms with van der Waals surface area (Å²) in [6.45, 7) is 12.2. The predicted molar refractivity (Wildman–Crippen MR) is 312 cm³/mol. The number of thioether (sulfide) groups is 1. The largest absolute Gasteiger partial charge is 0.465 e. The summed E-state index contributed by atoms with van der Waals surface area (Å²) in [5, 5.41) is 4.24. The van der Waals surface area contributed by atoms with Crippen LogP contribution in [-0.2, 0) is 34.0 Å². The number of hydrogen-bond donors (Lipinski definition) is 4. The van der Waals surface area contributed by atoms with E-state index in [1.807, 2.05) is 79.9 Å². The van der Waals surface area contributed by atoms with Gasteiger partial charge in [0.2, 0.25) is 0 Å². The molecule has 2 aliphatic heterocycles. The number of aromatic nitrogens is 1. The standard InChI is InChI=1S/C57H69ClFN6O9PS3/c1-39(2)65-41(4)56(77(5,70)71)54(55(65)42-12-14-45(58)15-13-42)44-35-46(59)37-50(36-44)64-30-28-63(29-31-64)49-18-16-47(17-19-49)61-78(72,73)52-20-21-53(40(3)34-52)60-48(38-76-51-10-7-6-8-11-51)24-27-62-25-22-43(23-26-62)57(66)74-32-9-33-75(67,68)69/h6-8,10-21,34-37,39,43,48,60-61H,9,22-33,38H2,1-5H3,(H2,67,68,69)/t48-/m1/s1. The molecule has 8 rings (SSSR count). The van der Waals surface area contributed by atoms with Crippen LogP contribution >= 0.6 is 31.0 Å². The number of aryl methyl sites for hydroxylation is 1. The molecule has 0 amide bonds. The van der Waals surface area contributed by atoms with Crippen molar-refractivity contribution in [3.05, 3.63) is 137 Å². The lowest BCUT2D eigenvalue weighted by Crippen LogP contribution is -2.46. The van der Waals surface area contributed by atoms with Gasteiger partial charge in [0.05, 0.1) is 34.2 Å². The highest BCUT2D eigenvalue weighted by atomic mass is 35.5. The summed E-state index contributed by atoms with van der Waals surface area (Å²) in [5.74, 6) is -0.282. The molecule has 4 N–H and O–H groups in total. The van der Waals surface area contributed by atoms with Crippen LogP contribution in [0.15, 0.2) is 130 Å². The van der Waals surface area contributed by atoms with Crippen LogP contribution in [0.25, 0.3) is 22.4 Å². The number of carbonyl (C=O) groups excluding carboxylic acids is 1. The van der Waals surface area contributed by atoms with Crippen molar-refractivity contribution >= 4 is 79.5 Å². The number of likely N-dealkylation sites (tertiary alicyclic amines) is 1. The Morgan fingerprint density at radius 3 is 2.10 bits per heavy atom. The number of sulfonamides is 1. The molecule has 0 unspecified atom stereocenters. The highest BCUT2D eigenvalue weighted by Gasteiger charge is 2.32. The SMILES string of the molecule is Cc1cc(S(=O)(=O)Nc2ccc(N3CCN(c4cc(F)cc(-c5c(S(C)(=O)=O)c(C)n(C(C)C)c5-c5ccc(Cl)cc5)c4)CC3)cc2)ccc1N[C@H](CCN1CCC(C(=O)OCCCP(=O)(O)O)CC1)CSc1ccccc1. The number of benzene rings is 5. The molecule has 0 bridgehead atoms. The number of hydrogen-bond acceptors (Lipinski definition) is 12. The van der Waals surface area contributed by atoms with Gasteiger partial charge in [0.1, 0.15) is 5.82 Å². The molecule has 78 heavy (non-hydrogen) atoms. The molecule has 2 saturated heterocycles. The van der Waals surface area contributed by atoms with Crippen molar-refractivity contribution in [1.82, 2.24) is 9.47 Å². The van der Waals surface area contributed by atoms with Gasteiger partial charge >= 0.3 is 13.6 Å². The first-order valence-electron chi connectivity index (χ1n) is 26.2. The number of rotatable bonds is 22. The lowest BCUT2D eigenvalue weighted by Gasteiger charge is -2.37. The van der Waals surface area contributed by atoms with Crippen LogP contribution in [0.1, 0.15) is 56.8 Å². The molecule has 1 aromatic heterocycles. The Labute approximate surface area is 467 Å². The molecule has 0 saturated carbocycles. The predicted octanol–water partition coefficient (Wildman–Crippen LogP) is 11.1. The van der Waals surface area contributed by atoms with Crippen LogP contribution in [0.3, 0.4) is 0 Å². The Morgan fingerprint density at radius 1 is 0.833 bits per heavy atom. The molecule has 2 fully saturated rings. The Morgan fingerprint density at radius 2 is 1.49 bits per heavy atom. The molecule has 0 spiro atoms. The summed E-state index contributed by atoms with van der Waals surface area (Å²) in [4.78, 5) is 38.8. The van der Waals surface area contributed by atoms with Crippen LogP contribution in [0, 0.1) is 25.6 Å². The molecule has 0 radical (unpaired) electrons. The molecular weight excluding hydrogens is 1090 g/mol. The fourth-order valence-corrected chi connectivity index (χ4v) is 14.4. The minimum atomic E-state index is -4.13. The summed E-state index contributed by atoms with van der Waals surface area (Å²) < 4.78 is 91.7. The molecule has 418 valence electrons. The van der Waals surface area contributed by atoms with E-state index in [4.69, 9.17) is 26.1 Å². The maximum Gasteiger partial charge on any atom is 0.325 e. The monoisotopic (exact) mass is 1160 g/mol. The number of ether oxygens (including phenoxy) is 1. The number of sulfone groups is 1. The number of carbonyl (C=O) groups is 1. The van der Waals surface area contributed by atoms with E-state index in [2.05, 4.69) is 36.9 Å². The second kappa shape index (κ2) is 25.4. The van der Waals surface area contributed by atoms with E-state index in [-0.39, 0.29) is 53.0 Å². The summed E-state index contributed by atoms with van der Waals surface area (Å²) in [7, 11) is -11.8. The van der Waals surface area contributed by atoms with E-state index in [1.54, 1.807) is 55.1 Å². The van der Waals surface area contributed by atoms with Gasteiger partial charge in [-0.25, -0.2) is 21.2 Å². The van der Waals surface area contributed by atoms with Crippen molar-refractivity contribution < 1.29 is 45.1 Å². The first-order valence-corrected chi connectivity index (χ1v) is 32.7. The summed E-state index contributed by atoms with van der Waals surface area (Å²) in [5.41, 5.74) is 6.48. The van der Waals surface area contributed by atoms with Crippen molar-refractivity contribution in [2.24, 2.45) is 5.92 Å². The van der Waals surface area contributed by atoms with E-state index in [0.29, 0.717) is 77.9 Å². The number of halogens is 2. The number of anilines is 4. The second-order valence-electron chi connectivity index (χ2n) is 20.5. The molecule has 21 heteroatoms. The topological polar surface area (TPSA) is 191 Å². The maximum absolute atomic E-state index is 15.8. The summed E-state index contributed by atoms with van der Waals surface area (Å²) in [6.07, 6.45) is 3.08. The van der Waals surface area contributed by atoms with E-state index in [0.717, 1.165) is 59.2 Å². The summed E-state index contributed by atoms with van der Waals surface area (Å²) >= 11 is 8.01. The number of nitrogens with zero attached hydrogens (tertiary/aromatic N) is 4. The number of nitrogens with one attached hydrogen (secondary N) is 2. The quantitative estimate of drug-likeness (QED) is 0.0217. The van der Waals surface area contributed by atoms with E-state index in [9.17, 15) is 26.2 Å². The van der Waals surface area contributed by atoms with Gasteiger partial charge in [-0.05, 0) is 168 Å². The molecule has 5 aromatic carbocycles. The van der Waals surface area contributed by atoms with Gasteiger partial charge in [-0.1, -0.05) is 41.9 Å². The minimum absolute atomic E-state index is 0.00863. The number of esters is 1. The van der Waals surface area contributed by atoms with Crippen molar-refractivity contribution in [2.75, 3.05) is 90.4 Å². The fraction of sp³-hybridized carbons (Fsp3) is 0.386. The van der Waals surface area contributed by atoms with Gasteiger partial charge in [0.15, 0.2) is 9.84 Å². The lowest BCUT2D eigenvalue weighted by molar-refractivity contribution is -0.150. The van der Waals surface area contributed by atoms with Gasteiger partial charge in [-0.15, -0.1) is 11.8 Å². The van der Waals surface area contributed by atoms with Crippen molar-refractivity contribution in [3.63, 3.8) is 0 Å². The highest BCUT2D eigenvalue weighted by Crippen LogP contribution is 2.45. The third kappa shape index (κ3) is 15.1. The normalized spacial score (nSPS) is 15.4.